The van der Waals surface area contributed by atoms with Gasteiger partial charge in [0.1, 0.15) is 13.1 Å². The van der Waals surface area contributed by atoms with Crippen LogP contribution >= 0.6 is 0 Å². The van der Waals surface area contributed by atoms with Gasteiger partial charge < -0.3 is 25.1 Å². The molecule has 1 aliphatic heterocycles. The van der Waals surface area contributed by atoms with Gasteiger partial charge in [0.2, 0.25) is 0 Å². The van der Waals surface area contributed by atoms with E-state index in [0.717, 1.165) is 4.90 Å². The van der Waals surface area contributed by atoms with Crippen LogP contribution in [0, 0.1) is 5.92 Å². The van der Waals surface area contributed by atoms with Crippen LogP contribution in [0.15, 0.2) is 0 Å². The fourth-order valence-electron chi connectivity index (χ4n) is 1.87. The summed E-state index contributed by atoms with van der Waals surface area (Å²) in [6.07, 6.45) is 0.635. The van der Waals surface area contributed by atoms with Crippen molar-refractivity contribution < 1.29 is 29.7 Å². The molecule has 1 saturated heterocycles. The minimum Gasteiger partial charge on any atom is -0.480 e. The largest absolute Gasteiger partial charge is 0.480 e. The number of aliphatic hydroxyl groups excluding tert-OH is 1. The van der Waals surface area contributed by atoms with E-state index in [9.17, 15) is 14.4 Å². The molecule has 102 valence electrons. The van der Waals surface area contributed by atoms with E-state index >= 15 is 0 Å². The average molecular weight is 260 g/mol. The number of aliphatic hydroxyl groups is 1. The Labute approximate surface area is 103 Å². The lowest BCUT2D eigenvalue weighted by atomic mass is 10.1. The van der Waals surface area contributed by atoms with Gasteiger partial charge in [-0.3, -0.25) is 9.59 Å². The molecule has 0 aliphatic carbocycles. The van der Waals surface area contributed by atoms with E-state index < -0.39 is 31.1 Å². The third kappa shape index (κ3) is 3.88. The van der Waals surface area contributed by atoms with Crippen LogP contribution in [-0.2, 0) is 9.59 Å². The highest BCUT2D eigenvalue weighted by Gasteiger charge is 2.30. The molecule has 1 atom stereocenters. The van der Waals surface area contributed by atoms with Crippen LogP contribution in [-0.4, -0.2) is 75.9 Å². The Bertz CT molecular complexity index is 329. The Balaban J connectivity index is 2.64. The second-order valence-electron chi connectivity index (χ2n) is 4.21. The summed E-state index contributed by atoms with van der Waals surface area (Å²) in [5.74, 6) is -2.55. The van der Waals surface area contributed by atoms with Crippen LogP contribution in [0.5, 0.6) is 0 Å². The van der Waals surface area contributed by atoms with Crippen LogP contribution in [0.1, 0.15) is 6.42 Å². The first-order valence-electron chi connectivity index (χ1n) is 5.52. The molecule has 0 aromatic heterocycles. The summed E-state index contributed by atoms with van der Waals surface area (Å²) in [7, 11) is 0. The number of carbonyl (C=O) groups is 3. The normalized spacial score (nSPS) is 18.7. The molecule has 18 heavy (non-hydrogen) atoms. The lowest BCUT2D eigenvalue weighted by Crippen LogP contribution is -2.46. The van der Waals surface area contributed by atoms with Crippen LogP contribution in [0.4, 0.5) is 4.79 Å². The van der Waals surface area contributed by atoms with E-state index in [1.807, 2.05) is 0 Å². The molecular weight excluding hydrogens is 244 g/mol. The molecule has 1 fully saturated rings. The highest BCUT2D eigenvalue weighted by atomic mass is 16.4. The number of hydrogen-bond acceptors (Lipinski definition) is 4. The number of likely N-dealkylation sites (tertiary alicyclic amines) is 1. The molecule has 0 aromatic carbocycles. The summed E-state index contributed by atoms with van der Waals surface area (Å²) in [5.41, 5.74) is 0. The van der Waals surface area contributed by atoms with Crippen molar-refractivity contribution in [1.82, 2.24) is 9.80 Å². The van der Waals surface area contributed by atoms with Crippen molar-refractivity contribution in [1.29, 1.82) is 0 Å². The number of urea groups is 1. The standard InChI is InChI=1S/C10H16N2O6/c13-6-7-1-2-11(3-7)10(18)12(4-8(14)15)5-9(16)17/h7,13H,1-6H2,(H,14,15)(H,16,17). The average Bonchev–Trinajstić information content (AvgIpc) is 2.74. The fraction of sp³-hybridized carbons (Fsp3) is 0.700. The Hall–Kier alpha value is -1.83. The van der Waals surface area contributed by atoms with Gasteiger partial charge in [-0.1, -0.05) is 0 Å². The summed E-state index contributed by atoms with van der Waals surface area (Å²) in [5, 5.41) is 26.2. The highest BCUT2D eigenvalue weighted by molar-refractivity contribution is 5.84. The van der Waals surface area contributed by atoms with Gasteiger partial charge >= 0.3 is 18.0 Å². The Morgan fingerprint density at radius 1 is 1.17 bits per heavy atom. The summed E-state index contributed by atoms with van der Waals surface area (Å²) in [6.45, 7) is -0.608. The summed E-state index contributed by atoms with van der Waals surface area (Å²) in [4.78, 5) is 35.2. The lowest BCUT2D eigenvalue weighted by Gasteiger charge is -2.25. The molecule has 1 unspecified atom stereocenters. The predicted molar refractivity (Wildman–Crippen MR) is 59.0 cm³/mol. The molecule has 1 heterocycles. The second-order valence-corrected chi connectivity index (χ2v) is 4.21. The van der Waals surface area contributed by atoms with E-state index in [1.54, 1.807) is 0 Å². The maximum Gasteiger partial charge on any atom is 0.323 e. The number of rotatable bonds is 5. The van der Waals surface area contributed by atoms with Crippen LogP contribution in [0.3, 0.4) is 0 Å². The van der Waals surface area contributed by atoms with Gasteiger partial charge in [0.25, 0.3) is 0 Å². The minimum absolute atomic E-state index is 0.0227. The number of carboxylic acids is 2. The van der Waals surface area contributed by atoms with Crippen molar-refractivity contribution in [3.05, 3.63) is 0 Å². The van der Waals surface area contributed by atoms with E-state index in [2.05, 4.69) is 0 Å². The zero-order valence-electron chi connectivity index (χ0n) is 9.78. The predicted octanol–water partition coefficient (Wildman–Crippen LogP) is -1.11. The van der Waals surface area contributed by atoms with Gasteiger partial charge in [-0.05, 0) is 6.42 Å². The third-order valence-electron chi connectivity index (χ3n) is 2.74. The van der Waals surface area contributed by atoms with E-state index in [0.29, 0.717) is 19.5 Å². The third-order valence-corrected chi connectivity index (χ3v) is 2.74. The molecule has 0 radical (unpaired) electrons. The second kappa shape index (κ2) is 6.20. The lowest BCUT2D eigenvalue weighted by molar-refractivity contribution is -0.140. The number of carboxylic acid groups (broad SMARTS) is 2. The molecular formula is C10H16N2O6. The van der Waals surface area contributed by atoms with Gasteiger partial charge in [-0.25, -0.2) is 4.79 Å². The fourth-order valence-corrected chi connectivity index (χ4v) is 1.87. The monoisotopic (exact) mass is 260 g/mol. The number of carbonyl (C=O) groups excluding carboxylic acids is 1. The first kappa shape index (κ1) is 14.2. The van der Waals surface area contributed by atoms with Gasteiger partial charge in [0, 0.05) is 25.6 Å². The van der Waals surface area contributed by atoms with Crippen LogP contribution in [0.25, 0.3) is 0 Å². The topological polar surface area (TPSA) is 118 Å². The zero-order chi connectivity index (χ0) is 13.7. The quantitative estimate of drug-likeness (QED) is 0.577. The molecule has 1 rings (SSSR count). The minimum atomic E-state index is -1.26. The molecule has 0 spiro atoms. The number of nitrogens with zero attached hydrogens (tertiary/aromatic N) is 2. The molecule has 8 nitrogen and oxygen atoms in total. The van der Waals surface area contributed by atoms with Gasteiger partial charge in [-0.15, -0.1) is 0 Å². The Kier molecular flexibility index (Phi) is 4.90. The van der Waals surface area contributed by atoms with Crippen molar-refractivity contribution in [2.45, 2.75) is 6.42 Å². The van der Waals surface area contributed by atoms with Gasteiger partial charge in [-0.2, -0.15) is 0 Å². The van der Waals surface area contributed by atoms with E-state index in [4.69, 9.17) is 15.3 Å². The molecule has 3 N–H and O–H groups in total. The van der Waals surface area contributed by atoms with Crippen molar-refractivity contribution in [2.75, 3.05) is 32.8 Å². The van der Waals surface area contributed by atoms with Crippen molar-refractivity contribution >= 4 is 18.0 Å². The number of amides is 2. The Morgan fingerprint density at radius 3 is 2.11 bits per heavy atom. The van der Waals surface area contributed by atoms with Crippen molar-refractivity contribution in [3.63, 3.8) is 0 Å². The molecule has 8 heteroatoms. The van der Waals surface area contributed by atoms with E-state index in [-0.39, 0.29) is 12.5 Å². The van der Waals surface area contributed by atoms with Crippen molar-refractivity contribution in [2.24, 2.45) is 5.92 Å². The molecule has 0 bridgehead atoms. The van der Waals surface area contributed by atoms with Gasteiger partial charge in [0.05, 0.1) is 0 Å². The molecule has 2 amide bonds. The zero-order valence-corrected chi connectivity index (χ0v) is 9.78. The maximum atomic E-state index is 11.9. The highest BCUT2D eigenvalue weighted by Crippen LogP contribution is 2.16. The number of aliphatic carboxylic acids is 2. The smallest absolute Gasteiger partial charge is 0.323 e. The first-order valence-corrected chi connectivity index (χ1v) is 5.52. The van der Waals surface area contributed by atoms with Crippen LogP contribution < -0.4 is 0 Å². The first-order chi connectivity index (χ1) is 8.43. The summed E-state index contributed by atoms with van der Waals surface area (Å²) >= 11 is 0. The number of hydrogen-bond donors (Lipinski definition) is 3. The summed E-state index contributed by atoms with van der Waals surface area (Å²) in [6, 6.07) is -0.615. The van der Waals surface area contributed by atoms with Gasteiger partial charge in [0.15, 0.2) is 0 Å². The van der Waals surface area contributed by atoms with E-state index in [1.165, 1.54) is 4.90 Å². The molecule has 1 aliphatic rings. The van der Waals surface area contributed by atoms with Crippen LogP contribution in [0.2, 0.25) is 0 Å². The molecule has 0 saturated carbocycles. The van der Waals surface area contributed by atoms with Crippen molar-refractivity contribution in [3.8, 4) is 0 Å². The SMILES string of the molecule is O=C(O)CN(CC(=O)O)C(=O)N1CCC(CO)C1. The Morgan fingerprint density at radius 2 is 1.72 bits per heavy atom. The molecule has 0 aromatic rings. The maximum absolute atomic E-state index is 11.9. The summed E-state index contributed by atoms with van der Waals surface area (Å²) < 4.78 is 0.